The Morgan fingerprint density at radius 3 is 2.21 bits per heavy atom. The van der Waals surface area contributed by atoms with Gasteiger partial charge in [-0.1, -0.05) is 60.7 Å². The van der Waals surface area contributed by atoms with E-state index >= 15 is 0 Å². The molecule has 28 heavy (non-hydrogen) atoms. The van der Waals surface area contributed by atoms with Gasteiger partial charge in [0, 0.05) is 13.0 Å². The highest BCUT2D eigenvalue weighted by Crippen LogP contribution is 2.27. The first kappa shape index (κ1) is 21.7. The first-order valence-electron chi connectivity index (χ1n) is 9.23. The fraction of sp³-hybridized carbons (Fsp3) is 0.333. The second kappa shape index (κ2) is 12.0. The fourth-order valence-corrected chi connectivity index (χ4v) is 3.64. The summed E-state index contributed by atoms with van der Waals surface area (Å²) in [6, 6.07) is 19.2. The molecule has 2 atom stereocenters. The molecule has 2 rings (SSSR count). The summed E-state index contributed by atoms with van der Waals surface area (Å²) < 4.78 is 17.9. The Labute approximate surface area is 165 Å². The molecule has 1 amide bonds. The molecule has 0 saturated heterocycles. The summed E-state index contributed by atoms with van der Waals surface area (Å²) >= 11 is 0. The molecule has 1 unspecified atom stereocenters. The average molecular weight is 402 g/mol. The van der Waals surface area contributed by atoms with Gasteiger partial charge in [0.1, 0.15) is 0 Å². The summed E-state index contributed by atoms with van der Waals surface area (Å²) in [6.07, 6.45) is 1.03. The molecule has 0 aliphatic carbocycles. The van der Waals surface area contributed by atoms with Crippen LogP contribution in [0.15, 0.2) is 60.7 Å². The molecule has 0 bridgehead atoms. The van der Waals surface area contributed by atoms with Gasteiger partial charge in [0.15, 0.2) is 12.3 Å². The van der Waals surface area contributed by atoms with Gasteiger partial charge < -0.3 is 10.4 Å². The summed E-state index contributed by atoms with van der Waals surface area (Å²) in [7, 11) is -2.00. The van der Waals surface area contributed by atoms with Crippen LogP contribution in [0.2, 0.25) is 0 Å². The largest absolute Gasteiger partial charge is 0.508 e. The van der Waals surface area contributed by atoms with E-state index in [0.29, 0.717) is 12.6 Å². The molecular formula is C21H25NO5P+. The minimum absolute atomic E-state index is 0.00755. The lowest BCUT2D eigenvalue weighted by atomic mass is 10.1. The Hall–Kier alpha value is -2.56. The summed E-state index contributed by atoms with van der Waals surface area (Å²) in [4.78, 5) is 23.0. The van der Waals surface area contributed by atoms with E-state index in [0.717, 1.165) is 17.5 Å². The quantitative estimate of drug-likeness (QED) is 0.530. The van der Waals surface area contributed by atoms with E-state index in [9.17, 15) is 14.2 Å². The van der Waals surface area contributed by atoms with Crippen molar-refractivity contribution in [3.8, 4) is 0 Å². The van der Waals surface area contributed by atoms with Crippen molar-refractivity contribution < 1.29 is 23.8 Å². The van der Waals surface area contributed by atoms with Crippen LogP contribution in [0.1, 0.15) is 24.0 Å². The highest BCUT2D eigenvalue weighted by atomic mass is 31.1. The van der Waals surface area contributed by atoms with Crippen molar-refractivity contribution in [2.24, 2.45) is 0 Å². The fourth-order valence-electron chi connectivity index (χ4n) is 2.66. The number of nitrogens with one attached hydrogen (secondary N) is 1. The van der Waals surface area contributed by atoms with E-state index in [-0.39, 0.29) is 19.4 Å². The maximum absolute atomic E-state index is 12.4. The normalized spacial score (nSPS) is 12.2. The van der Waals surface area contributed by atoms with Gasteiger partial charge in [-0.3, -0.25) is 9.59 Å². The Bertz CT molecular complexity index is 767. The van der Waals surface area contributed by atoms with Crippen molar-refractivity contribution >= 4 is 19.9 Å². The van der Waals surface area contributed by atoms with Gasteiger partial charge >= 0.3 is 14.0 Å². The van der Waals surface area contributed by atoms with Crippen LogP contribution in [-0.2, 0) is 31.5 Å². The maximum atomic E-state index is 12.4. The standard InChI is InChI=1S/C21H24NO5P/c23-20(24)13-14-22-21(25)19(16-18-10-5-2-6-11-18)27-28(26)15-7-12-17-8-3-1-4-9-17/h1-6,8-11,19H,7,12-16H2,(H-,22,23,24,25)/p+1/t19-/m0/s1. The van der Waals surface area contributed by atoms with Crippen LogP contribution in [0, 0.1) is 0 Å². The number of aliphatic carboxylic acids is 1. The molecular weight excluding hydrogens is 377 g/mol. The molecule has 0 radical (unpaired) electrons. The third-order valence-electron chi connectivity index (χ3n) is 4.09. The molecule has 2 N–H and O–H groups in total. The van der Waals surface area contributed by atoms with Gasteiger partial charge in [0.05, 0.1) is 6.42 Å². The average Bonchev–Trinajstić information content (AvgIpc) is 2.69. The summed E-state index contributed by atoms with van der Waals surface area (Å²) in [5.41, 5.74) is 2.05. The topological polar surface area (TPSA) is 92.7 Å². The Morgan fingerprint density at radius 1 is 1.00 bits per heavy atom. The lowest BCUT2D eigenvalue weighted by Gasteiger charge is -2.12. The smallest absolute Gasteiger partial charge is 0.481 e. The Morgan fingerprint density at radius 2 is 1.61 bits per heavy atom. The van der Waals surface area contributed by atoms with Gasteiger partial charge in [0.2, 0.25) is 0 Å². The van der Waals surface area contributed by atoms with E-state index in [1.807, 2.05) is 60.7 Å². The second-order valence-electron chi connectivity index (χ2n) is 6.36. The number of aryl methyl sites for hydroxylation is 1. The zero-order valence-electron chi connectivity index (χ0n) is 15.6. The van der Waals surface area contributed by atoms with Crippen LogP contribution in [-0.4, -0.2) is 35.8 Å². The number of carbonyl (C=O) groups excluding carboxylic acids is 1. The minimum Gasteiger partial charge on any atom is -0.481 e. The molecule has 0 aliphatic rings. The summed E-state index contributed by atoms with van der Waals surface area (Å²) in [6.45, 7) is 0.00755. The van der Waals surface area contributed by atoms with Crippen LogP contribution in [0.5, 0.6) is 0 Å². The molecule has 0 fully saturated rings. The number of amides is 1. The first-order chi connectivity index (χ1) is 13.5. The molecule has 2 aromatic rings. The van der Waals surface area contributed by atoms with Crippen molar-refractivity contribution in [2.75, 3.05) is 12.7 Å². The van der Waals surface area contributed by atoms with Crippen LogP contribution in [0.25, 0.3) is 0 Å². The van der Waals surface area contributed by atoms with Crippen molar-refractivity contribution in [1.82, 2.24) is 5.32 Å². The number of rotatable bonds is 12. The van der Waals surface area contributed by atoms with E-state index in [4.69, 9.17) is 9.63 Å². The first-order valence-corrected chi connectivity index (χ1v) is 10.6. The molecule has 0 saturated carbocycles. The number of hydrogen-bond acceptors (Lipinski definition) is 4. The van der Waals surface area contributed by atoms with Crippen LogP contribution < -0.4 is 5.32 Å². The second-order valence-corrected chi connectivity index (χ2v) is 7.69. The molecule has 0 spiro atoms. The Balaban J connectivity index is 1.88. The van der Waals surface area contributed by atoms with Gasteiger partial charge in [-0.2, -0.15) is 0 Å². The lowest BCUT2D eigenvalue weighted by Crippen LogP contribution is -2.38. The third-order valence-corrected chi connectivity index (χ3v) is 5.26. The molecule has 2 aromatic carbocycles. The van der Waals surface area contributed by atoms with Crippen molar-refractivity contribution in [3.05, 3.63) is 71.8 Å². The SMILES string of the molecule is O=C(O)CCNC(=O)[C@H](Cc1ccccc1)O[P+](=O)CCCc1ccccc1. The number of hydrogen-bond donors (Lipinski definition) is 2. The maximum Gasteiger partial charge on any atom is 0.508 e. The van der Waals surface area contributed by atoms with Gasteiger partial charge in [-0.25, -0.2) is 0 Å². The van der Waals surface area contributed by atoms with Crippen LogP contribution in [0.4, 0.5) is 0 Å². The van der Waals surface area contributed by atoms with Crippen molar-refractivity contribution in [2.45, 2.75) is 31.8 Å². The predicted octanol–water partition coefficient (Wildman–Crippen LogP) is 3.58. The van der Waals surface area contributed by atoms with Crippen molar-refractivity contribution in [1.29, 1.82) is 0 Å². The minimum atomic E-state index is -2.00. The zero-order valence-corrected chi connectivity index (χ0v) is 16.5. The zero-order chi connectivity index (χ0) is 20.2. The number of carboxylic acids is 1. The van der Waals surface area contributed by atoms with E-state index in [2.05, 4.69) is 5.32 Å². The van der Waals surface area contributed by atoms with E-state index in [1.54, 1.807) is 0 Å². The molecule has 7 heteroatoms. The monoisotopic (exact) mass is 402 g/mol. The van der Waals surface area contributed by atoms with Gasteiger partial charge in [0.25, 0.3) is 5.91 Å². The molecule has 148 valence electrons. The highest BCUT2D eigenvalue weighted by Gasteiger charge is 2.30. The van der Waals surface area contributed by atoms with Crippen molar-refractivity contribution in [3.63, 3.8) is 0 Å². The van der Waals surface area contributed by atoms with E-state index in [1.165, 1.54) is 0 Å². The lowest BCUT2D eigenvalue weighted by molar-refractivity contribution is -0.137. The third kappa shape index (κ3) is 8.42. The van der Waals surface area contributed by atoms with Crippen LogP contribution in [0.3, 0.4) is 0 Å². The van der Waals surface area contributed by atoms with E-state index < -0.39 is 26.0 Å². The molecule has 0 heterocycles. The molecule has 0 aromatic heterocycles. The summed E-state index contributed by atoms with van der Waals surface area (Å²) in [5, 5.41) is 11.3. The number of carboxylic acid groups (broad SMARTS) is 1. The number of benzene rings is 2. The molecule has 6 nitrogen and oxygen atoms in total. The van der Waals surface area contributed by atoms with Gasteiger partial charge in [-0.15, -0.1) is 4.52 Å². The predicted molar refractivity (Wildman–Crippen MR) is 108 cm³/mol. The highest BCUT2D eigenvalue weighted by molar-refractivity contribution is 7.39. The van der Waals surface area contributed by atoms with Gasteiger partial charge in [-0.05, 0) is 28.5 Å². The summed E-state index contributed by atoms with van der Waals surface area (Å²) in [5.74, 6) is -1.44. The Kier molecular flexibility index (Phi) is 9.32. The number of carbonyl (C=O) groups is 2. The molecule has 0 aliphatic heterocycles. The van der Waals surface area contributed by atoms with Crippen LogP contribution >= 0.6 is 8.03 Å².